The first-order valence-corrected chi connectivity index (χ1v) is 8.21. The van der Waals surface area contributed by atoms with E-state index in [-0.39, 0.29) is 6.61 Å². The van der Waals surface area contributed by atoms with Gasteiger partial charge in [-0.25, -0.2) is 4.90 Å². The van der Waals surface area contributed by atoms with Gasteiger partial charge in [-0.3, -0.25) is 4.79 Å². The summed E-state index contributed by atoms with van der Waals surface area (Å²) in [6.45, 7) is 3.19. The number of benzene rings is 1. The number of carbonyl (C=O) groups is 1. The molecule has 7 heteroatoms. The van der Waals surface area contributed by atoms with Gasteiger partial charge in [-0.15, -0.1) is 0 Å². The van der Waals surface area contributed by atoms with E-state index in [0.29, 0.717) is 13.2 Å². The molecule has 1 heterocycles. The Morgan fingerprint density at radius 3 is 2.55 bits per heavy atom. The number of halogens is 3. The summed E-state index contributed by atoms with van der Waals surface area (Å²) in [4.78, 5) is 13.8. The maximum atomic E-state index is 12.0. The van der Waals surface area contributed by atoms with Gasteiger partial charge in [-0.2, -0.15) is 0 Å². The lowest BCUT2D eigenvalue weighted by molar-refractivity contribution is -0.143. The second-order valence-electron chi connectivity index (χ2n) is 5.09. The van der Waals surface area contributed by atoms with Gasteiger partial charge in [-0.05, 0) is 12.0 Å². The Kier molecular flexibility index (Phi) is 6.36. The van der Waals surface area contributed by atoms with Crippen LogP contribution in [0, 0.1) is 0 Å². The molecule has 1 aliphatic rings. The zero-order valence-corrected chi connectivity index (χ0v) is 14.4. The predicted octanol–water partition coefficient (Wildman–Crippen LogP) is 3.54. The van der Waals surface area contributed by atoms with Crippen LogP contribution in [-0.4, -0.2) is 40.1 Å². The molecule has 2 rings (SSSR count). The number of carbonyl (C=O) groups excluding carboxylic acids is 1. The highest BCUT2D eigenvalue weighted by atomic mass is 35.6. The van der Waals surface area contributed by atoms with Gasteiger partial charge in [0.2, 0.25) is 10.0 Å². The lowest BCUT2D eigenvalue weighted by atomic mass is 10.2. The van der Waals surface area contributed by atoms with Crippen LogP contribution in [0.3, 0.4) is 0 Å². The zero-order valence-electron chi connectivity index (χ0n) is 12.2. The molecule has 0 aromatic heterocycles. The highest BCUT2D eigenvalue weighted by Crippen LogP contribution is 2.38. The van der Waals surface area contributed by atoms with Crippen LogP contribution >= 0.6 is 34.8 Å². The molecule has 0 spiro atoms. The van der Waals surface area contributed by atoms with Crippen LogP contribution in [0.25, 0.3) is 0 Å². The molecule has 0 amide bonds. The first-order chi connectivity index (χ1) is 10.4. The monoisotopic (exact) mass is 365 g/mol. The van der Waals surface area contributed by atoms with E-state index in [1.807, 2.05) is 37.3 Å². The van der Waals surface area contributed by atoms with E-state index < -0.39 is 22.0 Å². The largest absolute Gasteiger partial charge is 0.440 e. The molecule has 1 aromatic rings. The van der Waals surface area contributed by atoms with Crippen molar-refractivity contribution in [3.63, 3.8) is 0 Å². The van der Waals surface area contributed by atoms with E-state index in [4.69, 9.17) is 44.3 Å². The number of rotatable bonds is 6. The fraction of sp³-hybridized carbons (Fsp3) is 0.533. The summed E-state index contributed by atoms with van der Waals surface area (Å²) < 4.78 is 9.18. The van der Waals surface area contributed by atoms with Crippen molar-refractivity contribution in [2.45, 2.75) is 36.0 Å². The van der Waals surface area contributed by atoms with Crippen LogP contribution in [0.5, 0.6) is 0 Å². The van der Waals surface area contributed by atoms with E-state index in [1.54, 1.807) is 4.90 Å². The second kappa shape index (κ2) is 7.84. The quantitative estimate of drug-likeness (QED) is 0.570. The van der Waals surface area contributed by atoms with E-state index in [1.165, 1.54) is 0 Å². The van der Waals surface area contributed by atoms with Gasteiger partial charge in [-0.1, -0.05) is 72.1 Å². The maximum Gasteiger partial charge on any atom is 0.327 e. The molecule has 0 aliphatic carbocycles. The van der Waals surface area contributed by atoms with Crippen molar-refractivity contribution < 1.29 is 14.3 Å². The van der Waals surface area contributed by atoms with Crippen LogP contribution in [0.1, 0.15) is 18.9 Å². The van der Waals surface area contributed by atoms with E-state index >= 15 is 0 Å². The van der Waals surface area contributed by atoms with Crippen molar-refractivity contribution in [3.05, 3.63) is 35.9 Å². The molecule has 0 N–H and O–H groups in total. The Balaban J connectivity index is 1.97. The van der Waals surface area contributed by atoms with Crippen molar-refractivity contribution >= 4 is 40.8 Å². The summed E-state index contributed by atoms with van der Waals surface area (Å²) in [5, 5.41) is 0. The van der Waals surface area contributed by atoms with Crippen LogP contribution < -0.4 is 0 Å². The number of alkyl halides is 3. The second-order valence-corrected chi connectivity index (χ2v) is 7.45. The molecule has 0 radical (unpaired) electrons. The molecule has 22 heavy (non-hydrogen) atoms. The van der Waals surface area contributed by atoms with Gasteiger partial charge in [0, 0.05) is 6.54 Å². The van der Waals surface area contributed by atoms with Gasteiger partial charge < -0.3 is 9.47 Å². The Labute approximate surface area is 145 Å². The number of cyclic esters (lactones) is 1. The molecule has 2 atom stereocenters. The summed E-state index contributed by atoms with van der Waals surface area (Å²) in [6.07, 6.45) is -0.0708. The normalized spacial score (nSPS) is 22.8. The highest BCUT2D eigenvalue weighted by Gasteiger charge is 2.51. The summed E-state index contributed by atoms with van der Waals surface area (Å²) in [5.74, 6) is -0.419. The third-order valence-electron chi connectivity index (χ3n) is 3.35. The molecule has 1 fully saturated rings. The van der Waals surface area contributed by atoms with E-state index in [9.17, 15) is 4.79 Å². The fourth-order valence-electron chi connectivity index (χ4n) is 2.37. The molecule has 0 saturated carbocycles. The van der Waals surface area contributed by atoms with Crippen molar-refractivity contribution in [1.82, 2.24) is 4.90 Å². The van der Waals surface area contributed by atoms with Crippen molar-refractivity contribution in [2.24, 2.45) is 0 Å². The van der Waals surface area contributed by atoms with Crippen LogP contribution in [0.2, 0.25) is 0 Å². The van der Waals surface area contributed by atoms with E-state index in [2.05, 4.69) is 0 Å². The summed E-state index contributed by atoms with van der Waals surface area (Å²) >= 11 is 17.7. The third-order valence-corrected chi connectivity index (χ3v) is 3.91. The Hall–Kier alpha value is -0.520. The average molecular weight is 367 g/mol. The maximum absolute atomic E-state index is 12.0. The minimum absolute atomic E-state index is 0.199. The molecule has 1 aliphatic heterocycles. The Bertz CT molecular complexity index is 493. The molecular weight excluding hydrogens is 349 g/mol. The van der Waals surface area contributed by atoms with Crippen molar-refractivity contribution in [2.75, 3.05) is 13.2 Å². The highest BCUT2D eigenvalue weighted by molar-refractivity contribution is 6.68. The molecule has 0 bridgehead atoms. The number of hydrogen-bond acceptors (Lipinski definition) is 4. The van der Waals surface area contributed by atoms with Crippen molar-refractivity contribution in [3.8, 4) is 0 Å². The zero-order chi connectivity index (χ0) is 16.2. The first-order valence-electron chi connectivity index (χ1n) is 7.08. The summed E-state index contributed by atoms with van der Waals surface area (Å²) in [6, 6.07) is 9.17. The lowest BCUT2D eigenvalue weighted by Crippen LogP contribution is -2.46. The first kappa shape index (κ1) is 17.8. The van der Waals surface area contributed by atoms with Crippen LogP contribution in [-0.2, 0) is 20.9 Å². The van der Waals surface area contributed by atoms with Gasteiger partial charge >= 0.3 is 5.97 Å². The minimum Gasteiger partial charge on any atom is -0.440 e. The Morgan fingerprint density at radius 1 is 1.27 bits per heavy atom. The smallest absolute Gasteiger partial charge is 0.327 e. The summed E-state index contributed by atoms with van der Waals surface area (Å²) in [7, 11) is 0. The van der Waals surface area contributed by atoms with Crippen LogP contribution in [0.4, 0.5) is 0 Å². The van der Waals surface area contributed by atoms with E-state index in [0.717, 1.165) is 12.0 Å². The number of hydrogen-bond donors (Lipinski definition) is 0. The SMILES string of the molecule is CCCN1C(COCc2ccccc2)C(=O)OC1C(Cl)(Cl)Cl. The molecule has 2 unspecified atom stereocenters. The van der Waals surface area contributed by atoms with Gasteiger partial charge in [0.05, 0.1) is 13.2 Å². The molecular formula is C15H18Cl3NO3. The average Bonchev–Trinajstić information content (AvgIpc) is 2.78. The van der Waals surface area contributed by atoms with Crippen LogP contribution in [0.15, 0.2) is 30.3 Å². The number of ether oxygens (including phenoxy) is 2. The van der Waals surface area contributed by atoms with Gasteiger partial charge in [0.1, 0.15) is 6.04 Å². The summed E-state index contributed by atoms with van der Waals surface area (Å²) in [5.41, 5.74) is 1.04. The van der Waals surface area contributed by atoms with Gasteiger partial charge in [0.25, 0.3) is 0 Å². The minimum atomic E-state index is -1.68. The fourth-order valence-corrected chi connectivity index (χ4v) is 2.88. The molecule has 4 nitrogen and oxygen atoms in total. The van der Waals surface area contributed by atoms with Crippen molar-refractivity contribution in [1.29, 1.82) is 0 Å². The molecule has 122 valence electrons. The molecule has 1 aromatic carbocycles. The topological polar surface area (TPSA) is 38.8 Å². The number of esters is 1. The predicted molar refractivity (Wildman–Crippen MR) is 87.1 cm³/mol. The number of nitrogens with zero attached hydrogens (tertiary/aromatic N) is 1. The van der Waals surface area contributed by atoms with Gasteiger partial charge in [0.15, 0.2) is 0 Å². The third kappa shape index (κ3) is 4.49. The Morgan fingerprint density at radius 2 is 1.95 bits per heavy atom. The lowest BCUT2D eigenvalue weighted by Gasteiger charge is -2.29. The molecule has 1 saturated heterocycles. The standard InChI is InChI=1S/C15H18Cl3NO3/c1-2-8-19-12(13(20)22-14(19)15(16,17)18)10-21-9-11-6-4-3-5-7-11/h3-7,12,14H,2,8-10H2,1H3.